The maximum Gasteiger partial charge on any atom is 0.251 e. The van der Waals surface area contributed by atoms with Crippen molar-refractivity contribution in [2.24, 2.45) is 0 Å². The third kappa shape index (κ3) is 4.39. The summed E-state index contributed by atoms with van der Waals surface area (Å²) in [6, 6.07) is 2.39. The standard InChI is InChI=1S/C12H13F4N.C3H8/c1-8-10(13)6-9(7-11(8)14)17-4-2-12(15,16)3-5-17;1-3-2/h6-7H,2-5H2,1H3;3H2,1-2H3. The van der Waals surface area contributed by atoms with Crippen LogP contribution in [0.15, 0.2) is 12.1 Å². The Bertz CT molecular complexity index is 412. The van der Waals surface area contributed by atoms with Crippen LogP contribution < -0.4 is 4.90 Å². The molecule has 0 unspecified atom stereocenters. The van der Waals surface area contributed by atoms with Gasteiger partial charge in [-0.1, -0.05) is 20.3 Å². The monoisotopic (exact) mass is 291 g/mol. The van der Waals surface area contributed by atoms with E-state index in [1.54, 1.807) is 4.90 Å². The van der Waals surface area contributed by atoms with E-state index in [9.17, 15) is 17.6 Å². The summed E-state index contributed by atoms with van der Waals surface area (Å²) < 4.78 is 52.5. The zero-order chi connectivity index (χ0) is 15.3. The summed E-state index contributed by atoms with van der Waals surface area (Å²) in [4.78, 5) is 1.59. The molecule has 0 aromatic heterocycles. The van der Waals surface area contributed by atoms with Crippen molar-refractivity contribution in [3.63, 3.8) is 0 Å². The number of anilines is 1. The predicted molar refractivity (Wildman–Crippen MR) is 73.5 cm³/mol. The molecule has 5 heteroatoms. The van der Waals surface area contributed by atoms with Crippen molar-refractivity contribution in [1.29, 1.82) is 0 Å². The van der Waals surface area contributed by atoms with E-state index in [2.05, 4.69) is 13.8 Å². The van der Waals surface area contributed by atoms with Crippen LogP contribution in [0.4, 0.5) is 23.2 Å². The van der Waals surface area contributed by atoms with Crippen molar-refractivity contribution in [3.05, 3.63) is 29.3 Å². The molecule has 0 spiro atoms. The average molecular weight is 291 g/mol. The van der Waals surface area contributed by atoms with E-state index in [0.29, 0.717) is 5.69 Å². The molecule has 0 atom stereocenters. The second kappa shape index (κ2) is 6.95. The summed E-state index contributed by atoms with van der Waals surface area (Å²) in [6.45, 7) is 5.84. The van der Waals surface area contributed by atoms with Crippen LogP contribution in [0, 0.1) is 18.6 Å². The summed E-state index contributed by atoms with van der Waals surface area (Å²) in [7, 11) is 0. The number of rotatable bonds is 1. The van der Waals surface area contributed by atoms with Crippen molar-refractivity contribution in [3.8, 4) is 0 Å². The van der Waals surface area contributed by atoms with Crippen molar-refractivity contribution in [2.75, 3.05) is 18.0 Å². The largest absolute Gasteiger partial charge is 0.371 e. The highest BCUT2D eigenvalue weighted by molar-refractivity contribution is 5.49. The first-order chi connectivity index (χ1) is 9.30. The average Bonchev–Trinajstić information content (AvgIpc) is 2.36. The molecule has 1 aromatic rings. The van der Waals surface area contributed by atoms with Crippen molar-refractivity contribution in [1.82, 2.24) is 0 Å². The molecule has 2 rings (SSSR count). The molecule has 0 N–H and O–H groups in total. The van der Waals surface area contributed by atoms with Crippen LogP contribution >= 0.6 is 0 Å². The maximum atomic E-state index is 13.3. The zero-order valence-corrected chi connectivity index (χ0v) is 12.1. The molecule has 1 nitrogen and oxygen atoms in total. The van der Waals surface area contributed by atoms with Gasteiger partial charge in [-0.2, -0.15) is 0 Å². The van der Waals surface area contributed by atoms with E-state index in [4.69, 9.17) is 0 Å². The fourth-order valence-electron chi connectivity index (χ4n) is 1.91. The Balaban J connectivity index is 0.000000612. The second-order valence-corrected chi connectivity index (χ2v) is 5.08. The highest BCUT2D eigenvalue weighted by atomic mass is 19.3. The van der Waals surface area contributed by atoms with Gasteiger partial charge in [0.25, 0.3) is 5.92 Å². The molecule has 1 aliphatic rings. The molecular weight excluding hydrogens is 270 g/mol. The maximum absolute atomic E-state index is 13.3. The Morgan fingerprint density at radius 1 is 1.05 bits per heavy atom. The lowest BCUT2D eigenvalue weighted by Gasteiger charge is -2.33. The summed E-state index contributed by atoms with van der Waals surface area (Å²) in [6.07, 6.45) is 0.703. The van der Waals surface area contributed by atoms with Crippen molar-refractivity contribution < 1.29 is 17.6 Å². The normalized spacial score (nSPS) is 17.4. The third-order valence-electron chi connectivity index (χ3n) is 3.13. The minimum atomic E-state index is -2.65. The molecule has 0 aliphatic carbocycles. The number of benzene rings is 1. The Labute approximate surface area is 117 Å². The van der Waals surface area contributed by atoms with Gasteiger partial charge in [-0.3, -0.25) is 0 Å². The number of hydrogen-bond acceptors (Lipinski definition) is 1. The molecule has 0 amide bonds. The van der Waals surface area contributed by atoms with Gasteiger partial charge >= 0.3 is 0 Å². The van der Waals surface area contributed by atoms with Crippen LogP contribution in [-0.2, 0) is 0 Å². The van der Waals surface area contributed by atoms with Gasteiger partial charge in [-0.15, -0.1) is 0 Å². The molecule has 1 heterocycles. The lowest BCUT2D eigenvalue weighted by Crippen LogP contribution is -2.39. The first-order valence-electron chi connectivity index (χ1n) is 6.89. The van der Waals surface area contributed by atoms with Crippen LogP contribution in [0.3, 0.4) is 0 Å². The lowest BCUT2D eigenvalue weighted by molar-refractivity contribution is -0.0220. The van der Waals surface area contributed by atoms with E-state index in [1.807, 2.05) is 0 Å². The summed E-state index contributed by atoms with van der Waals surface area (Å²) in [5, 5.41) is 0. The first kappa shape index (κ1) is 16.8. The van der Waals surface area contributed by atoms with Gasteiger partial charge in [0, 0.05) is 37.2 Å². The van der Waals surface area contributed by atoms with E-state index in [1.165, 1.54) is 25.5 Å². The number of alkyl halides is 2. The highest BCUT2D eigenvalue weighted by Crippen LogP contribution is 2.31. The smallest absolute Gasteiger partial charge is 0.251 e. The van der Waals surface area contributed by atoms with Crippen molar-refractivity contribution in [2.45, 2.75) is 46.0 Å². The fraction of sp³-hybridized carbons (Fsp3) is 0.600. The molecule has 1 fully saturated rings. The molecule has 1 saturated heterocycles. The van der Waals surface area contributed by atoms with Crippen LogP contribution in [0.5, 0.6) is 0 Å². The van der Waals surface area contributed by atoms with Gasteiger partial charge in [-0.05, 0) is 19.1 Å². The SMILES string of the molecule is CCC.Cc1c(F)cc(N2CCC(F)(F)CC2)cc1F. The summed E-state index contributed by atoms with van der Waals surface area (Å²) in [5.41, 5.74) is 0.289. The molecule has 114 valence electrons. The Morgan fingerprint density at radius 2 is 1.45 bits per heavy atom. The van der Waals surface area contributed by atoms with Gasteiger partial charge in [0.05, 0.1) is 0 Å². The fourth-order valence-corrected chi connectivity index (χ4v) is 1.91. The minimum Gasteiger partial charge on any atom is -0.371 e. The number of nitrogens with zero attached hydrogens (tertiary/aromatic N) is 1. The van der Waals surface area contributed by atoms with Crippen LogP contribution in [0.25, 0.3) is 0 Å². The van der Waals surface area contributed by atoms with Crippen molar-refractivity contribution >= 4 is 5.69 Å². The predicted octanol–water partition coefficient (Wildman–Crippen LogP) is 4.93. The number of halogens is 4. The van der Waals surface area contributed by atoms with Gasteiger partial charge in [0.15, 0.2) is 0 Å². The Kier molecular flexibility index (Phi) is 5.84. The van der Waals surface area contributed by atoms with Gasteiger partial charge in [0.2, 0.25) is 0 Å². The van der Waals surface area contributed by atoms with E-state index >= 15 is 0 Å². The van der Waals surface area contributed by atoms with Crippen LogP contribution in [0.2, 0.25) is 0 Å². The molecular formula is C15H21F4N. The Morgan fingerprint density at radius 3 is 1.85 bits per heavy atom. The summed E-state index contributed by atoms with van der Waals surface area (Å²) >= 11 is 0. The molecule has 1 aliphatic heterocycles. The van der Waals surface area contributed by atoms with Gasteiger partial charge < -0.3 is 4.90 Å². The zero-order valence-electron chi connectivity index (χ0n) is 12.1. The topological polar surface area (TPSA) is 3.24 Å². The Hall–Kier alpha value is -1.26. The number of hydrogen-bond donors (Lipinski definition) is 0. The molecule has 0 bridgehead atoms. The van der Waals surface area contributed by atoms with E-state index in [-0.39, 0.29) is 31.5 Å². The quantitative estimate of drug-likeness (QED) is 0.663. The first-order valence-corrected chi connectivity index (χ1v) is 6.89. The third-order valence-corrected chi connectivity index (χ3v) is 3.13. The van der Waals surface area contributed by atoms with E-state index in [0.717, 1.165) is 0 Å². The second-order valence-electron chi connectivity index (χ2n) is 5.08. The number of piperidine rings is 1. The molecule has 1 aromatic carbocycles. The lowest BCUT2D eigenvalue weighted by atomic mass is 10.1. The molecule has 20 heavy (non-hydrogen) atoms. The highest BCUT2D eigenvalue weighted by Gasteiger charge is 2.34. The molecule has 0 saturated carbocycles. The van der Waals surface area contributed by atoms with Crippen LogP contribution in [0.1, 0.15) is 38.7 Å². The van der Waals surface area contributed by atoms with Gasteiger partial charge in [0.1, 0.15) is 11.6 Å². The van der Waals surface area contributed by atoms with Crippen LogP contribution in [-0.4, -0.2) is 19.0 Å². The summed E-state index contributed by atoms with van der Waals surface area (Å²) in [5.74, 6) is -3.94. The minimum absolute atomic E-state index is 0.0453. The van der Waals surface area contributed by atoms with Gasteiger partial charge in [-0.25, -0.2) is 17.6 Å². The molecule has 0 radical (unpaired) electrons. The van der Waals surface area contributed by atoms with E-state index < -0.39 is 17.6 Å².